The smallest absolute Gasteiger partial charge is 0.416 e. The second-order valence-corrected chi connectivity index (χ2v) is 4.50. The highest BCUT2D eigenvalue weighted by molar-refractivity contribution is 5.34. The van der Waals surface area contributed by atoms with Gasteiger partial charge in [-0.15, -0.1) is 0 Å². The van der Waals surface area contributed by atoms with Crippen LogP contribution in [0.1, 0.15) is 17.2 Å². The van der Waals surface area contributed by atoms with E-state index in [4.69, 9.17) is 10.5 Å². The number of phenols is 1. The van der Waals surface area contributed by atoms with Gasteiger partial charge in [0.25, 0.3) is 0 Å². The van der Waals surface area contributed by atoms with Crippen LogP contribution in [0.4, 0.5) is 13.2 Å². The number of hydrogen-bond donors (Lipinski definition) is 2. The van der Waals surface area contributed by atoms with Crippen LogP contribution in [0.15, 0.2) is 48.5 Å². The maximum absolute atomic E-state index is 12.9. The second-order valence-electron chi connectivity index (χ2n) is 4.50. The first-order valence-corrected chi connectivity index (χ1v) is 6.21. The van der Waals surface area contributed by atoms with Crippen LogP contribution < -0.4 is 10.5 Å². The van der Waals surface area contributed by atoms with Crippen LogP contribution >= 0.6 is 0 Å². The maximum Gasteiger partial charge on any atom is 0.416 e. The Morgan fingerprint density at radius 2 is 1.81 bits per heavy atom. The van der Waals surface area contributed by atoms with Gasteiger partial charge in [0.05, 0.1) is 11.6 Å². The topological polar surface area (TPSA) is 55.5 Å². The van der Waals surface area contributed by atoms with Gasteiger partial charge < -0.3 is 15.6 Å². The Morgan fingerprint density at radius 1 is 1.10 bits per heavy atom. The molecule has 1 unspecified atom stereocenters. The lowest BCUT2D eigenvalue weighted by Crippen LogP contribution is -2.23. The molecule has 0 spiro atoms. The average Bonchev–Trinajstić information content (AvgIpc) is 2.44. The summed E-state index contributed by atoms with van der Waals surface area (Å²) in [5.74, 6) is 0.353. The molecule has 2 rings (SSSR count). The molecule has 0 aliphatic rings. The van der Waals surface area contributed by atoms with E-state index in [0.717, 1.165) is 6.07 Å². The fourth-order valence-corrected chi connectivity index (χ4v) is 1.93. The third kappa shape index (κ3) is 3.88. The van der Waals surface area contributed by atoms with Crippen LogP contribution in [0.2, 0.25) is 0 Å². The first kappa shape index (κ1) is 15.2. The van der Waals surface area contributed by atoms with Crippen molar-refractivity contribution in [3.8, 4) is 11.5 Å². The summed E-state index contributed by atoms with van der Waals surface area (Å²) in [4.78, 5) is 0. The lowest BCUT2D eigenvalue weighted by molar-refractivity contribution is -0.138. The molecule has 0 aromatic heterocycles. The molecule has 0 amide bonds. The highest BCUT2D eigenvalue weighted by Crippen LogP contribution is 2.34. The molecule has 0 heterocycles. The first-order chi connectivity index (χ1) is 9.88. The van der Waals surface area contributed by atoms with Crippen molar-refractivity contribution in [2.45, 2.75) is 12.2 Å². The van der Waals surface area contributed by atoms with E-state index in [-0.39, 0.29) is 17.9 Å². The summed E-state index contributed by atoms with van der Waals surface area (Å²) in [7, 11) is 0. The summed E-state index contributed by atoms with van der Waals surface area (Å²) in [6.45, 7) is -0.128. The van der Waals surface area contributed by atoms with Crippen molar-refractivity contribution in [3.63, 3.8) is 0 Å². The highest BCUT2D eigenvalue weighted by Gasteiger charge is 2.34. The zero-order valence-corrected chi connectivity index (χ0v) is 11.0. The molecule has 0 bridgehead atoms. The minimum atomic E-state index is -4.46. The molecular weight excluding hydrogens is 283 g/mol. The van der Waals surface area contributed by atoms with E-state index >= 15 is 0 Å². The van der Waals surface area contributed by atoms with Gasteiger partial charge in [0.2, 0.25) is 0 Å². The van der Waals surface area contributed by atoms with Crippen LogP contribution in [0, 0.1) is 0 Å². The lowest BCUT2D eigenvalue weighted by atomic mass is 10.0. The number of nitrogens with two attached hydrogens (primary N) is 1. The van der Waals surface area contributed by atoms with E-state index in [1.807, 2.05) is 0 Å². The minimum Gasteiger partial charge on any atom is -0.508 e. The first-order valence-electron chi connectivity index (χ1n) is 6.21. The van der Waals surface area contributed by atoms with E-state index in [1.54, 1.807) is 12.1 Å². The van der Waals surface area contributed by atoms with E-state index in [2.05, 4.69) is 0 Å². The van der Waals surface area contributed by atoms with Crippen molar-refractivity contribution in [2.24, 2.45) is 5.73 Å². The fraction of sp³-hybridized carbons (Fsp3) is 0.200. The molecular formula is C15H14F3NO2. The predicted molar refractivity (Wildman–Crippen MR) is 72.0 cm³/mol. The fourth-order valence-electron chi connectivity index (χ4n) is 1.93. The Morgan fingerprint density at radius 3 is 2.48 bits per heavy atom. The summed E-state index contributed by atoms with van der Waals surface area (Å²) >= 11 is 0. The lowest BCUT2D eigenvalue weighted by Gasteiger charge is -2.18. The molecule has 112 valence electrons. The molecule has 3 nitrogen and oxygen atoms in total. The van der Waals surface area contributed by atoms with E-state index < -0.39 is 17.8 Å². The van der Waals surface area contributed by atoms with Crippen molar-refractivity contribution >= 4 is 0 Å². The van der Waals surface area contributed by atoms with Crippen LogP contribution in [0.5, 0.6) is 11.5 Å². The van der Waals surface area contributed by atoms with Crippen LogP contribution in [0.25, 0.3) is 0 Å². The highest BCUT2D eigenvalue weighted by atomic mass is 19.4. The van der Waals surface area contributed by atoms with Gasteiger partial charge in [-0.1, -0.05) is 24.3 Å². The molecule has 0 aliphatic heterocycles. The van der Waals surface area contributed by atoms with Gasteiger partial charge in [-0.05, 0) is 23.8 Å². The Kier molecular flexibility index (Phi) is 4.37. The van der Waals surface area contributed by atoms with Crippen molar-refractivity contribution in [2.75, 3.05) is 6.61 Å². The summed E-state index contributed by atoms with van der Waals surface area (Å²) in [6, 6.07) is 10.2. The Balaban J connectivity index is 2.12. The number of alkyl halides is 3. The third-order valence-electron chi connectivity index (χ3n) is 2.91. The number of halogens is 3. The van der Waals surface area contributed by atoms with Gasteiger partial charge >= 0.3 is 6.18 Å². The van der Waals surface area contributed by atoms with Crippen molar-refractivity contribution in [1.29, 1.82) is 0 Å². The summed E-state index contributed by atoms with van der Waals surface area (Å²) in [6.07, 6.45) is -4.46. The minimum absolute atomic E-state index is 0.0109. The number of ether oxygens (including phenoxy) is 1. The molecule has 0 radical (unpaired) electrons. The quantitative estimate of drug-likeness (QED) is 0.908. The van der Waals surface area contributed by atoms with E-state index in [1.165, 1.54) is 30.3 Å². The summed E-state index contributed by atoms with van der Waals surface area (Å²) in [5.41, 5.74) is 5.00. The van der Waals surface area contributed by atoms with Gasteiger partial charge in [-0.25, -0.2) is 0 Å². The second kappa shape index (κ2) is 6.05. The molecule has 0 fully saturated rings. The predicted octanol–water partition coefficient (Wildman–Crippen LogP) is 3.49. The molecule has 0 saturated carbocycles. The summed E-state index contributed by atoms with van der Waals surface area (Å²) < 4.78 is 44.0. The average molecular weight is 297 g/mol. The van der Waals surface area contributed by atoms with Crippen molar-refractivity contribution in [1.82, 2.24) is 0 Å². The van der Waals surface area contributed by atoms with Gasteiger partial charge in [-0.3, -0.25) is 0 Å². The number of rotatable bonds is 4. The number of benzene rings is 2. The summed E-state index contributed by atoms with van der Waals surface area (Å²) in [5, 5.41) is 9.29. The molecule has 2 aromatic rings. The van der Waals surface area contributed by atoms with Gasteiger partial charge in [-0.2, -0.15) is 13.2 Å². The van der Waals surface area contributed by atoms with Gasteiger partial charge in [0, 0.05) is 6.07 Å². The van der Waals surface area contributed by atoms with Crippen molar-refractivity contribution in [3.05, 3.63) is 59.7 Å². The zero-order valence-electron chi connectivity index (χ0n) is 11.0. The van der Waals surface area contributed by atoms with Gasteiger partial charge in [0.1, 0.15) is 18.1 Å². The third-order valence-corrected chi connectivity index (χ3v) is 2.91. The Labute approximate surface area is 119 Å². The molecule has 6 heteroatoms. The number of aromatic hydroxyl groups is 1. The normalized spacial score (nSPS) is 13.0. The standard InChI is InChI=1S/C15H14F3NO2/c16-15(17,18)13-7-2-1-6-12(13)14(19)9-21-11-5-3-4-10(20)8-11/h1-8,14,20H,9,19H2. The zero-order chi connectivity index (χ0) is 15.5. The molecule has 0 aliphatic carbocycles. The largest absolute Gasteiger partial charge is 0.508 e. The maximum atomic E-state index is 12.9. The molecule has 21 heavy (non-hydrogen) atoms. The van der Waals surface area contributed by atoms with E-state index in [9.17, 15) is 18.3 Å². The van der Waals surface area contributed by atoms with E-state index in [0.29, 0.717) is 5.75 Å². The number of hydrogen-bond acceptors (Lipinski definition) is 3. The van der Waals surface area contributed by atoms with Crippen molar-refractivity contribution < 1.29 is 23.0 Å². The molecule has 3 N–H and O–H groups in total. The van der Waals surface area contributed by atoms with Gasteiger partial charge in [0.15, 0.2) is 0 Å². The Hall–Kier alpha value is -2.21. The van der Waals surface area contributed by atoms with Crippen LogP contribution in [-0.2, 0) is 6.18 Å². The monoisotopic (exact) mass is 297 g/mol. The SMILES string of the molecule is NC(COc1cccc(O)c1)c1ccccc1C(F)(F)F. The molecule has 0 saturated heterocycles. The van der Waals surface area contributed by atoms with Crippen LogP contribution in [0.3, 0.4) is 0 Å². The van der Waals surface area contributed by atoms with Crippen LogP contribution in [-0.4, -0.2) is 11.7 Å². The number of phenolic OH excluding ortho intramolecular Hbond substituents is 1. The molecule has 1 atom stereocenters. The Bertz CT molecular complexity index is 614. The molecule has 2 aromatic carbocycles.